The molecule has 0 spiro atoms. The maximum atomic E-state index is 10.2. The van der Waals surface area contributed by atoms with E-state index in [2.05, 4.69) is 40.7 Å². The summed E-state index contributed by atoms with van der Waals surface area (Å²) in [7, 11) is 0. The topological polar surface area (TPSA) is 20.2 Å². The predicted octanol–water partition coefficient (Wildman–Crippen LogP) is 7.39. The van der Waals surface area contributed by atoms with Crippen molar-refractivity contribution in [2.24, 2.45) is 46.3 Å². The molecular weight excluding hydrogens is 340 g/mol. The summed E-state index contributed by atoms with van der Waals surface area (Å²) in [6.45, 7) is 12.5. The van der Waals surface area contributed by atoms with Crippen LogP contribution in [0.25, 0.3) is 0 Å². The quantitative estimate of drug-likeness (QED) is 0.488. The van der Waals surface area contributed by atoms with Gasteiger partial charge in [-0.15, -0.1) is 0 Å². The van der Waals surface area contributed by atoms with Gasteiger partial charge in [-0.1, -0.05) is 65.5 Å². The van der Waals surface area contributed by atoms with Crippen LogP contribution in [0.4, 0.5) is 0 Å². The van der Waals surface area contributed by atoms with Crippen molar-refractivity contribution in [1.82, 2.24) is 0 Å². The van der Waals surface area contributed by atoms with E-state index < -0.39 is 0 Å². The summed E-state index contributed by atoms with van der Waals surface area (Å²) in [6.07, 6.45) is 17.2. The van der Waals surface area contributed by atoms with E-state index in [1.54, 1.807) is 5.57 Å². The molecule has 3 fully saturated rings. The second-order valence-electron chi connectivity index (χ2n) is 12.2. The molecule has 28 heavy (non-hydrogen) atoms. The first-order valence-electron chi connectivity index (χ1n) is 12.6. The third kappa shape index (κ3) is 3.42. The molecule has 0 aromatic carbocycles. The van der Waals surface area contributed by atoms with E-state index in [1.165, 1.54) is 57.8 Å². The van der Waals surface area contributed by atoms with Crippen LogP contribution in [0, 0.1) is 46.3 Å². The summed E-state index contributed by atoms with van der Waals surface area (Å²) in [5, 5.41) is 10.2. The van der Waals surface area contributed by atoms with Gasteiger partial charge in [-0.3, -0.25) is 0 Å². The molecule has 1 unspecified atom stereocenters. The Morgan fingerprint density at radius 3 is 2.57 bits per heavy atom. The van der Waals surface area contributed by atoms with Crippen molar-refractivity contribution in [2.45, 2.75) is 111 Å². The highest BCUT2D eigenvalue weighted by Crippen LogP contribution is 2.68. The van der Waals surface area contributed by atoms with Crippen molar-refractivity contribution in [1.29, 1.82) is 0 Å². The van der Waals surface area contributed by atoms with E-state index in [1.807, 2.05) is 0 Å². The van der Waals surface area contributed by atoms with Crippen LogP contribution in [0.2, 0.25) is 0 Å². The van der Waals surface area contributed by atoms with Crippen molar-refractivity contribution in [3.05, 3.63) is 11.6 Å². The molecule has 0 bridgehead atoms. The molecule has 4 rings (SSSR count). The monoisotopic (exact) mass is 386 g/mol. The number of fused-ring (bicyclic) bond motifs is 5. The van der Waals surface area contributed by atoms with Gasteiger partial charge in [-0.2, -0.15) is 0 Å². The third-order valence-electron chi connectivity index (χ3n) is 10.2. The Bertz CT molecular complexity index is 591. The summed E-state index contributed by atoms with van der Waals surface area (Å²) in [5.74, 6) is 5.55. The minimum absolute atomic E-state index is 0.0810. The molecule has 1 heteroatoms. The number of allylic oxidation sites excluding steroid dienone is 1. The van der Waals surface area contributed by atoms with E-state index in [-0.39, 0.29) is 6.10 Å². The fourth-order valence-electron chi connectivity index (χ4n) is 8.66. The SMILES string of the molecule is CC(C)CCC[C@@H](C)[C@H]1CC[C@@H]2C1CC[C@H]1[C@@]2(C)CC=C2C[C@@H](O)CC[C@@]21C. The van der Waals surface area contributed by atoms with Gasteiger partial charge in [0.05, 0.1) is 6.10 Å². The highest BCUT2D eigenvalue weighted by molar-refractivity contribution is 5.27. The van der Waals surface area contributed by atoms with Gasteiger partial charge in [-0.05, 0) is 97.7 Å². The number of aliphatic hydroxyl groups is 1. The Labute approximate surface area is 174 Å². The summed E-state index contributed by atoms with van der Waals surface area (Å²) < 4.78 is 0. The Morgan fingerprint density at radius 1 is 1.04 bits per heavy atom. The largest absolute Gasteiger partial charge is 0.393 e. The lowest BCUT2D eigenvalue weighted by Crippen LogP contribution is -2.53. The van der Waals surface area contributed by atoms with E-state index in [0.29, 0.717) is 10.8 Å². The summed E-state index contributed by atoms with van der Waals surface area (Å²) in [6, 6.07) is 0. The zero-order chi connectivity index (χ0) is 20.1. The van der Waals surface area contributed by atoms with Gasteiger partial charge in [0, 0.05) is 0 Å². The number of rotatable bonds is 5. The zero-order valence-electron chi connectivity index (χ0n) is 19.3. The maximum Gasteiger partial charge on any atom is 0.0577 e. The summed E-state index contributed by atoms with van der Waals surface area (Å²) in [4.78, 5) is 0. The minimum Gasteiger partial charge on any atom is -0.393 e. The molecule has 4 aliphatic carbocycles. The Kier molecular flexibility index (Phi) is 5.80. The van der Waals surface area contributed by atoms with Gasteiger partial charge < -0.3 is 5.11 Å². The van der Waals surface area contributed by atoms with Crippen LogP contribution in [-0.2, 0) is 0 Å². The first kappa shape index (κ1) is 21.0. The van der Waals surface area contributed by atoms with E-state index in [0.717, 1.165) is 48.3 Å². The molecule has 4 aliphatic rings. The first-order valence-corrected chi connectivity index (χ1v) is 12.6. The molecule has 0 aliphatic heterocycles. The Balaban J connectivity index is 1.49. The molecule has 0 aromatic rings. The van der Waals surface area contributed by atoms with Crippen LogP contribution < -0.4 is 0 Å². The lowest BCUT2D eigenvalue weighted by Gasteiger charge is -2.61. The average Bonchev–Trinajstić information content (AvgIpc) is 3.07. The van der Waals surface area contributed by atoms with Gasteiger partial charge in [0.15, 0.2) is 0 Å². The lowest BCUT2D eigenvalue weighted by molar-refractivity contribution is -0.0772. The van der Waals surface area contributed by atoms with E-state index >= 15 is 0 Å². The normalized spacial score (nSPS) is 46.5. The van der Waals surface area contributed by atoms with Gasteiger partial charge in [0.25, 0.3) is 0 Å². The predicted molar refractivity (Wildman–Crippen MR) is 119 cm³/mol. The molecule has 1 nitrogen and oxygen atoms in total. The van der Waals surface area contributed by atoms with Crippen molar-refractivity contribution < 1.29 is 5.11 Å². The standard InChI is InChI=1S/C27H46O/c1-18(2)7-6-8-19(3)22-9-11-24-23(22)10-12-25-26(4)16-14-21(28)17-20(26)13-15-27(24,25)5/h13,18-19,21-25,28H,6-12,14-17H2,1-5H3/t19-,21+,22-,23?,24-,25-,26+,27+/m1/s1. The second-order valence-corrected chi connectivity index (χ2v) is 12.2. The van der Waals surface area contributed by atoms with Crippen molar-refractivity contribution in [3.8, 4) is 0 Å². The van der Waals surface area contributed by atoms with Crippen LogP contribution in [0.15, 0.2) is 11.6 Å². The zero-order valence-corrected chi connectivity index (χ0v) is 19.3. The molecule has 1 N–H and O–H groups in total. The van der Waals surface area contributed by atoms with Crippen molar-refractivity contribution >= 4 is 0 Å². The van der Waals surface area contributed by atoms with Gasteiger partial charge in [-0.25, -0.2) is 0 Å². The van der Waals surface area contributed by atoms with Crippen LogP contribution in [0.3, 0.4) is 0 Å². The third-order valence-corrected chi connectivity index (χ3v) is 10.2. The van der Waals surface area contributed by atoms with Gasteiger partial charge in [0.1, 0.15) is 0 Å². The van der Waals surface area contributed by atoms with Gasteiger partial charge >= 0.3 is 0 Å². The highest BCUT2D eigenvalue weighted by atomic mass is 16.3. The smallest absolute Gasteiger partial charge is 0.0577 e. The van der Waals surface area contributed by atoms with Crippen LogP contribution >= 0.6 is 0 Å². The Morgan fingerprint density at radius 2 is 1.82 bits per heavy atom. The molecule has 0 radical (unpaired) electrons. The molecule has 0 saturated heterocycles. The average molecular weight is 387 g/mol. The van der Waals surface area contributed by atoms with E-state index in [4.69, 9.17) is 0 Å². The number of hydrogen-bond donors (Lipinski definition) is 1. The molecule has 160 valence electrons. The molecular formula is C27H46O. The summed E-state index contributed by atoms with van der Waals surface area (Å²) in [5.41, 5.74) is 2.50. The number of hydrogen-bond acceptors (Lipinski definition) is 1. The second kappa shape index (κ2) is 7.75. The highest BCUT2D eigenvalue weighted by Gasteiger charge is 2.59. The lowest BCUT2D eigenvalue weighted by atomic mass is 9.44. The van der Waals surface area contributed by atoms with Gasteiger partial charge in [0.2, 0.25) is 0 Å². The van der Waals surface area contributed by atoms with Crippen LogP contribution in [0.1, 0.15) is 105 Å². The van der Waals surface area contributed by atoms with E-state index in [9.17, 15) is 5.11 Å². The molecule has 8 atom stereocenters. The summed E-state index contributed by atoms with van der Waals surface area (Å²) >= 11 is 0. The number of aliphatic hydroxyl groups excluding tert-OH is 1. The molecule has 0 amide bonds. The first-order chi connectivity index (χ1) is 13.3. The van der Waals surface area contributed by atoms with Crippen LogP contribution in [-0.4, -0.2) is 11.2 Å². The molecule has 0 aromatic heterocycles. The Hall–Kier alpha value is -0.300. The minimum atomic E-state index is -0.0810. The molecule has 0 heterocycles. The fourth-order valence-corrected chi connectivity index (χ4v) is 8.66. The molecule has 3 saturated carbocycles. The van der Waals surface area contributed by atoms with Crippen molar-refractivity contribution in [2.75, 3.05) is 0 Å². The van der Waals surface area contributed by atoms with Crippen LogP contribution in [0.5, 0.6) is 0 Å². The van der Waals surface area contributed by atoms with Crippen molar-refractivity contribution in [3.63, 3.8) is 0 Å². The maximum absolute atomic E-state index is 10.2. The fraction of sp³-hybridized carbons (Fsp3) is 0.926.